The van der Waals surface area contributed by atoms with Crippen LogP contribution in [0.3, 0.4) is 0 Å². The van der Waals surface area contributed by atoms with E-state index in [1.165, 1.54) is 32.1 Å². The average Bonchev–Trinajstić information content (AvgIpc) is 3.26. The standard InChI is InChI=1S/C21H27ClN6O/c1-23-20(29)14-7-9-16(10-8-14)26-21-24-12-18(22)19(27-21)15-11-25-28(13-15)17-5-3-2-4-6-17/h9,11-14,17H,2-8,10H2,1H3,(H,23,29)(H,24,26,27)/t14-/m0/s1. The lowest BCUT2D eigenvalue weighted by Crippen LogP contribution is -2.29. The molecular formula is C21H27ClN6O. The van der Waals surface area contributed by atoms with Gasteiger partial charge < -0.3 is 10.6 Å². The highest BCUT2D eigenvalue weighted by molar-refractivity contribution is 6.32. The Kier molecular flexibility index (Phi) is 6.13. The second kappa shape index (κ2) is 8.95. The Balaban J connectivity index is 1.48. The second-order valence-electron chi connectivity index (χ2n) is 7.83. The van der Waals surface area contributed by atoms with Crippen LogP contribution in [-0.2, 0) is 4.79 Å². The molecule has 0 unspecified atom stereocenters. The van der Waals surface area contributed by atoms with Crippen molar-refractivity contribution in [3.8, 4) is 11.3 Å². The van der Waals surface area contributed by atoms with Gasteiger partial charge in [-0.2, -0.15) is 5.10 Å². The molecule has 0 radical (unpaired) electrons. The molecule has 0 aromatic carbocycles. The van der Waals surface area contributed by atoms with Crippen LogP contribution in [0.5, 0.6) is 0 Å². The van der Waals surface area contributed by atoms with E-state index in [0.29, 0.717) is 22.7 Å². The summed E-state index contributed by atoms with van der Waals surface area (Å²) >= 11 is 6.39. The fourth-order valence-electron chi connectivity index (χ4n) is 4.17. The van der Waals surface area contributed by atoms with Gasteiger partial charge in [-0.3, -0.25) is 9.48 Å². The van der Waals surface area contributed by atoms with Crippen molar-refractivity contribution in [2.75, 3.05) is 12.4 Å². The lowest BCUT2D eigenvalue weighted by atomic mass is 9.92. The minimum atomic E-state index is 0.0397. The van der Waals surface area contributed by atoms with Gasteiger partial charge in [-0.05, 0) is 32.1 Å². The summed E-state index contributed by atoms with van der Waals surface area (Å²) in [4.78, 5) is 20.7. The molecule has 0 spiro atoms. The van der Waals surface area contributed by atoms with Crippen LogP contribution in [0.4, 0.5) is 5.95 Å². The van der Waals surface area contributed by atoms with Crippen molar-refractivity contribution in [1.29, 1.82) is 0 Å². The van der Waals surface area contributed by atoms with Gasteiger partial charge in [0.15, 0.2) is 0 Å². The first-order valence-corrected chi connectivity index (χ1v) is 10.8. The molecule has 1 fully saturated rings. The summed E-state index contributed by atoms with van der Waals surface area (Å²) in [5, 5.41) is 11.1. The van der Waals surface area contributed by atoms with E-state index in [9.17, 15) is 4.79 Å². The molecule has 8 heteroatoms. The van der Waals surface area contributed by atoms with E-state index in [1.807, 2.05) is 12.4 Å². The Bertz CT molecular complexity index is 902. The van der Waals surface area contributed by atoms with E-state index >= 15 is 0 Å². The first kappa shape index (κ1) is 19.9. The van der Waals surface area contributed by atoms with Crippen molar-refractivity contribution in [2.24, 2.45) is 5.92 Å². The van der Waals surface area contributed by atoms with Gasteiger partial charge >= 0.3 is 0 Å². The largest absolute Gasteiger partial charge is 0.359 e. The molecule has 1 amide bonds. The van der Waals surface area contributed by atoms with Crippen LogP contribution in [0.2, 0.25) is 5.02 Å². The number of nitrogens with one attached hydrogen (secondary N) is 2. The third kappa shape index (κ3) is 4.61. The summed E-state index contributed by atoms with van der Waals surface area (Å²) in [6.45, 7) is 0. The maximum absolute atomic E-state index is 11.8. The van der Waals surface area contributed by atoms with Gasteiger partial charge in [-0.25, -0.2) is 9.97 Å². The van der Waals surface area contributed by atoms with Crippen LogP contribution in [-0.4, -0.2) is 32.7 Å². The zero-order chi connectivity index (χ0) is 20.2. The van der Waals surface area contributed by atoms with Gasteiger partial charge in [0.2, 0.25) is 11.9 Å². The number of amides is 1. The smallest absolute Gasteiger partial charge is 0.227 e. The van der Waals surface area contributed by atoms with Crippen molar-refractivity contribution in [3.63, 3.8) is 0 Å². The van der Waals surface area contributed by atoms with Gasteiger partial charge in [0.05, 0.1) is 29.2 Å². The number of aromatic nitrogens is 4. The summed E-state index contributed by atoms with van der Waals surface area (Å²) in [6.07, 6.45) is 16.1. The molecule has 0 aliphatic heterocycles. The van der Waals surface area contributed by atoms with Gasteiger partial charge in [0, 0.05) is 30.4 Å². The van der Waals surface area contributed by atoms with Crippen LogP contribution in [0.15, 0.2) is 30.4 Å². The lowest BCUT2D eigenvalue weighted by molar-refractivity contribution is -0.124. The van der Waals surface area contributed by atoms with Crippen molar-refractivity contribution in [2.45, 2.75) is 57.4 Å². The van der Waals surface area contributed by atoms with E-state index < -0.39 is 0 Å². The van der Waals surface area contributed by atoms with Gasteiger partial charge in [0.25, 0.3) is 0 Å². The lowest BCUT2D eigenvalue weighted by Gasteiger charge is -2.21. The first-order chi connectivity index (χ1) is 14.1. The molecule has 1 saturated carbocycles. The number of hydrogen-bond acceptors (Lipinski definition) is 5. The maximum Gasteiger partial charge on any atom is 0.227 e. The van der Waals surface area contributed by atoms with Gasteiger partial charge in [-0.15, -0.1) is 0 Å². The Morgan fingerprint density at radius 1 is 1.21 bits per heavy atom. The van der Waals surface area contributed by atoms with E-state index in [-0.39, 0.29) is 11.8 Å². The molecule has 0 bridgehead atoms. The summed E-state index contributed by atoms with van der Waals surface area (Å²) in [5.74, 6) is 0.651. The molecule has 2 aromatic heterocycles. The minimum Gasteiger partial charge on any atom is -0.359 e. The van der Waals surface area contributed by atoms with Crippen LogP contribution < -0.4 is 10.6 Å². The first-order valence-electron chi connectivity index (χ1n) is 10.4. The van der Waals surface area contributed by atoms with E-state index in [0.717, 1.165) is 30.5 Å². The summed E-state index contributed by atoms with van der Waals surface area (Å²) < 4.78 is 2.06. The molecule has 154 valence electrons. The maximum atomic E-state index is 11.8. The number of rotatable bonds is 5. The molecule has 4 rings (SSSR count). The Morgan fingerprint density at radius 3 is 2.76 bits per heavy atom. The highest BCUT2D eigenvalue weighted by atomic mass is 35.5. The number of carbonyl (C=O) groups excluding carboxylic acids is 1. The Labute approximate surface area is 176 Å². The summed E-state index contributed by atoms with van der Waals surface area (Å²) in [7, 11) is 1.68. The Morgan fingerprint density at radius 2 is 2.03 bits per heavy atom. The molecule has 2 aliphatic carbocycles. The fraction of sp³-hybridized carbons (Fsp3) is 0.524. The summed E-state index contributed by atoms with van der Waals surface area (Å²) in [5.41, 5.74) is 2.63. The average molecular weight is 415 g/mol. The Hall–Kier alpha value is -2.41. The number of nitrogens with zero attached hydrogens (tertiary/aromatic N) is 4. The normalized spacial score (nSPS) is 20.2. The van der Waals surface area contributed by atoms with Crippen LogP contribution in [0.1, 0.15) is 57.4 Å². The molecule has 2 aromatic rings. The van der Waals surface area contributed by atoms with Crippen molar-refractivity contribution < 1.29 is 4.79 Å². The van der Waals surface area contributed by atoms with Gasteiger partial charge in [-0.1, -0.05) is 36.9 Å². The van der Waals surface area contributed by atoms with Crippen LogP contribution in [0, 0.1) is 5.92 Å². The molecule has 2 heterocycles. The number of hydrogen-bond donors (Lipinski definition) is 2. The predicted molar refractivity (Wildman–Crippen MR) is 113 cm³/mol. The number of halogens is 1. The molecule has 29 heavy (non-hydrogen) atoms. The highest BCUT2D eigenvalue weighted by Crippen LogP contribution is 2.31. The molecule has 2 N–H and O–H groups in total. The molecular weight excluding hydrogens is 388 g/mol. The minimum absolute atomic E-state index is 0.0397. The van der Waals surface area contributed by atoms with Crippen molar-refractivity contribution in [3.05, 3.63) is 35.4 Å². The molecule has 0 saturated heterocycles. The molecule has 2 aliphatic rings. The summed E-state index contributed by atoms with van der Waals surface area (Å²) in [6, 6.07) is 0.469. The van der Waals surface area contributed by atoms with Crippen LogP contribution in [0.25, 0.3) is 11.3 Å². The monoisotopic (exact) mass is 414 g/mol. The molecule has 1 atom stereocenters. The zero-order valence-corrected chi connectivity index (χ0v) is 17.5. The van der Waals surface area contributed by atoms with E-state index in [2.05, 4.69) is 36.5 Å². The van der Waals surface area contributed by atoms with Gasteiger partial charge in [0.1, 0.15) is 0 Å². The third-order valence-electron chi connectivity index (χ3n) is 5.87. The van der Waals surface area contributed by atoms with E-state index in [1.54, 1.807) is 13.2 Å². The van der Waals surface area contributed by atoms with E-state index in [4.69, 9.17) is 11.6 Å². The topological polar surface area (TPSA) is 84.7 Å². The third-order valence-corrected chi connectivity index (χ3v) is 6.14. The quantitative estimate of drug-likeness (QED) is 0.760. The van der Waals surface area contributed by atoms with Crippen molar-refractivity contribution >= 4 is 23.5 Å². The zero-order valence-electron chi connectivity index (χ0n) is 16.7. The number of anilines is 1. The van der Waals surface area contributed by atoms with Crippen LogP contribution >= 0.6 is 11.6 Å². The predicted octanol–water partition coefficient (Wildman–Crippen LogP) is 4.34. The SMILES string of the molecule is CNC(=O)[C@H]1CC=C(Nc2ncc(Cl)c(-c3cnn(C4CCCCC4)c3)n2)CC1. The number of carbonyl (C=O) groups is 1. The molecule has 7 nitrogen and oxygen atoms in total. The highest BCUT2D eigenvalue weighted by Gasteiger charge is 2.21. The fourth-order valence-corrected chi connectivity index (χ4v) is 4.37. The van der Waals surface area contributed by atoms with Crippen molar-refractivity contribution in [1.82, 2.24) is 25.1 Å². The second-order valence-corrected chi connectivity index (χ2v) is 8.24. The number of allylic oxidation sites excluding steroid dienone is 2.